The van der Waals surface area contributed by atoms with Crippen molar-refractivity contribution in [3.05, 3.63) is 34.3 Å². The largest absolute Gasteiger partial charge is 0.348 e. The normalized spacial score (nSPS) is 23.7. The van der Waals surface area contributed by atoms with Crippen LogP contribution < -0.4 is 5.32 Å². The Morgan fingerprint density at radius 3 is 2.74 bits per heavy atom. The second-order valence-corrected chi connectivity index (χ2v) is 6.86. The zero-order valence-electron chi connectivity index (χ0n) is 11.1. The lowest BCUT2D eigenvalue weighted by atomic mass is 10.1. The highest BCUT2D eigenvalue weighted by Gasteiger charge is 2.23. The van der Waals surface area contributed by atoms with Gasteiger partial charge >= 0.3 is 0 Å². The highest BCUT2D eigenvalue weighted by Crippen LogP contribution is 2.24. The third kappa shape index (κ3) is 4.22. The molecule has 1 N–H and O–H groups in total. The zero-order chi connectivity index (χ0) is 13.8. The molecule has 0 bridgehead atoms. The summed E-state index contributed by atoms with van der Waals surface area (Å²) < 4.78 is 0. The van der Waals surface area contributed by atoms with E-state index < -0.39 is 0 Å². The molecule has 0 heterocycles. The van der Waals surface area contributed by atoms with Gasteiger partial charge in [0.15, 0.2) is 0 Å². The molecule has 0 radical (unpaired) electrons. The fourth-order valence-electron chi connectivity index (χ4n) is 2.54. The molecule has 2 rings (SSSR count). The Kier molecular flexibility index (Phi) is 5.28. The Balaban J connectivity index is 2.07. The summed E-state index contributed by atoms with van der Waals surface area (Å²) in [6.45, 7) is 1.95. The van der Waals surface area contributed by atoms with Crippen molar-refractivity contribution < 1.29 is 4.79 Å². The summed E-state index contributed by atoms with van der Waals surface area (Å²) in [7, 11) is 0. The first-order chi connectivity index (χ1) is 9.06. The Hall–Kier alpha value is -0.540. The molecule has 0 saturated heterocycles. The summed E-state index contributed by atoms with van der Waals surface area (Å²) in [5, 5.41) is 3.75. The van der Waals surface area contributed by atoms with Gasteiger partial charge in [-0.1, -0.05) is 46.8 Å². The minimum atomic E-state index is -0.0260. The number of aryl methyl sites for hydroxylation is 1. The number of amides is 1. The molecule has 1 aromatic carbocycles. The van der Waals surface area contributed by atoms with Crippen molar-refractivity contribution in [1.82, 2.24) is 5.32 Å². The Labute approximate surface area is 128 Å². The van der Waals surface area contributed by atoms with Gasteiger partial charge in [0.05, 0.1) is 0 Å². The summed E-state index contributed by atoms with van der Waals surface area (Å²) in [6.07, 6.45) is 5.84. The van der Waals surface area contributed by atoms with Crippen molar-refractivity contribution in [2.45, 2.75) is 49.9 Å². The summed E-state index contributed by atoms with van der Waals surface area (Å²) in [5.74, 6) is -0.0260. The third-order valence-corrected chi connectivity index (χ3v) is 4.87. The average Bonchev–Trinajstić information content (AvgIpc) is 2.54. The van der Waals surface area contributed by atoms with Gasteiger partial charge in [-0.25, -0.2) is 0 Å². The van der Waals surface area contributed by atoms with Crippen molar-refractivity contribution in [2.75, 3.05) is 0 Å². The second kappa shape index (κ2) is 6.76. The zero-order valence-corrected chi connectivity index (χ0v) is 13.4. The molecule has 0 aliphatic heterocycles. The minimum absolute atomic E-state index is 0.0260. The van der Waals surface area contributed by atoms with Crippen LogP contribution in [0.15, 0.2) is 18.2 Å². The summed E-state index contributed by atoms with van der Waals surface area (Å²) in [4.78, 5) is 12.7. The lowest BCUT2D eigenvalue weighted by Gasteiger charge is -2.21. The van der Waals surface area contributed by atoms with Gasteiger partial charge < -0.3 is 5.32 Å². The average molecular weight is 345 g/mol. The molecule has 1 saturated carbocycles. The van der Waals surface area contributed by atoms with E-state index in [-0.39, 0.29) is 11.9 Å². The van der Waals surface area contributed by atoms with E-state index in [0.717, 1.165) is 18.4 Å². The molecule has 1 aliphatic rings. The van der Waals surface area contributed by atoms with Crippen LogP contribution in [0, 0.1) is 6.92 Å². The van der Waals surface area contributed by atoms with Gasteiger partial charge in [0.25, 0.3) is 5.91 Å². The quantitative estimate of drug-likeness (QED) is 0.622. The van der Waals surface area contributed by atoms with E-state index in [0.29, 0.717) is 15.4 Å². The first kappa shape index (κ1) is 14.9. The Morgan fingerprint density at radius 1 is 1.26 bits per heavy atom. The molecular weight excluding hydrogens is 326 g/mol. The summed E-state index contributed by atoms with van der Waals surface area (Å²) >= 11 is 9.70. The SMILES string of the molecule is Cc1cc(Cl)cc(C(=O)NC2CCCCCC2Br)c1. The van der Waals surface area contributed by atoms with E-state index >= 15 is 0 Å². The van der Waals surface area contributed by atoms with Crippen LogP contribution in [0.1, 0.15) is 48.0 Å². The first-order valence-corrected chi connectivity index (χ1v) is 8.08. The summed E-state index contributed by atoms with van der Waals surface area (Å²) in [6, 6.07) is 5.68. The van der Waals surface area contributed by atoms with Crippen LogP contribution >= 0.6 is 27.5 Å². The monoisotopic (exact) mass is 343 g/mol. The van der Waals surface area contributed by atoms with E-state index in [1.165, 1.54) is 19.3 Å². The van der Waals surface area contributed by atoms with Crippen LogP contribution in [0.25, 0.3) is 0 Å². The van der Waals surface area contributed by atoms with E-state index in [1.54, 1.807) is 6.07 Å². The van der Waals surface area contributed by atoms with E-state index in [9.17, 15) is 4.79 Å². The maximum absolute atomic E-state index is 12.3. The number of benzene rings is 1. The van der Waals surface area contributed by atoms with Crippen molar-refractivity contribution >= 4 is 33.4 Å². The smallest absolute Gasteiger partial charge is 0.251 e. The maximum atomic E-state index is 12.3. The number of hydrogen-bond donors (Lipinski definition) is 1. The molecule has 19 heavy (non-hydrogen) atoms. The van der Waals surface area contributed by atoms with Crippen LogP contribution in [0.4, 0.5) is 0 Å². The molecule has 0 spiro atoms. The molecular formula is C15H19BrClNO. The van der Waals surface area contributed by atoms with Crippen LogP contribution in [-0.4, -0.2) is 16.8 Å². The molecule has 1 fully saturated rings. The van der Waals surface area contributed by atoms with Crippen molar-refractivity contribution in [3.8, 4) is 0 Å². The number of carbonyl (C=O) groups excluding carboxylic acids is 1. The van der Waals surface area contributed by atoms with Gasteiger partial charge in [0, 0.05) is 21.5 Å². The molecule has 2 unspecified atom stereocenters. The van der Waals surface area contributed by atoms with Crippen molar-refractivity contribution in [2.24, 2.45) is 0 Å². The van der Waals surface area contributed by atoms with Gasteiger partial charge in [-0.2, -0.15) is 0 Å². The summed E-state index contributed by atoms with van der Waals surface area (Å²) in [5.41, 5.74) is 1.66. The molecule has 1 amide bonds. The molecule has 1 aromatic rings. The highest BCUT2D eigenvalue weighted by molar-refractivity contribution is 9.09. The highest BCUT2D eigenvalue weighted by atomic mass is 79.9. The van der Waals surface area contributed by atoms with E-state index in [1.807, 2.05) is 19.1 Å². The van der Waals surface area contributed by atoms with Gasteiger partial charge in [-0.3, -0.25) is 4.79 Å². The Bertz CT molecular complexity index is 443. The second-order valence-electron chi connectivity index (χ2n) is 5.25. The van der Waals surface area contributed by atoms with E-state index in [4.69, 9.17) is 11.6 Å². The lowest BCUT2D eigenvalue weighted by molar-refractivity contribution is 0.0935. The minimum Gasteiger partial charge on any atom is -0.348 e. The number of alkyl halides is 1. The molecule has 4 heteroatoms. The number of carbonyl (C=O) groups is 1. The van der Waals surface area contributed by atoms with Crippen molar-refractivity contribution in [3.63, 3.8) is 0 Å². The van der Waals surface area contributed by atoms with Gasteiger partial charge in [-0.05, 0) is 43.5 Å². The number of nitrogens with one attached hydrogen (secondary N) is 1. The van der Waals surface area contributed by atoms with Gasteiger partial charge in [-0.15, -0.1) is 0 Å². The molecule has 2 nitrogen and oxygen atoms in total. The predicted molar refractivity (Wildman–Crippen MR) is 83.2 cm³/mol. The molecule has 104 valence electrons. The van der Waals surface area contributed by atoms with Crippen LogP contribution in [0.5, 0.6) is 0 Å². The fraction of sp³-hybridized carbons (Fsp3) is 0.533. The number of hydrogen-bond acceptors (Lipinski definition) is 1. The standard InChI is InChI=1S/C15H19BrClNO/c1-10-7-11(9-12(17)8-10)15(19)18-14-6-4-2-3-5-13(14)16/h7-9,13-14H,2-6H2,1H3,(H,18,19). The number of halogens is 2. The van der Waals surface area contributed by atoms with E-state index in [2.05, 4.69) is 21.2 Å². The lowest BCUT2D eigenvalue weighted by Crippen LogP contribution is -2.40. The van der Waals surface area contributed by atoms with Crippen LogP contribution in [0.2, 0.25) is 5.02 Å². The van der Waals surface area contributed by atoms with Gasteiger partial charge in [0.1, 0.15) is 0 Å². The molecule has 0 aromatic heterocycles. The number of rotatable bonds is 2. The fourth-order valence-corrected chi connectivity index (χ4v) is 3.55. The first-order valence-electron chi connectivity index (χ1n) is 6.78. The molecule has 2 atom stereocenters. The topological polar surface area (TPSA) is 29.1 Å². The predicted octanol–water partition coefficient (Wildman–Crippen LogP) is 4.47. The van der Waals surface area contributed by atoms with Crippen molar-refractivity contribution in [1.29, 1.82) is 0 Å². The third-order valence-electron chi connectivity index (χ3n) is 3.55. The molecule has 1 aliphatic carbocycles. The Morgan fingerprint density at radius 2 is 2.00 bits per heavy atom. The van der Waals surface area contributed by atoms with Crippen LogP contribution in [-0.2, 0) is 0 Å². The van der Waals surface area contributed by atoms with Gasteiger partial charge in [0.2, 0.25) is 0 Å². The maximum Gasteiger partial charge on any atom is 0.251 e. The van der Waals surface area contributed by atoms with Crippen LogP contribution in [0.3, 0.4) is 0 Å².